The van der Waals surface area contributed by atoms with Crippen LogP contribution in [0.4, 0.5) is 0 Å². The van der Waals surface area contributed by atoms with Crippen molar-refractivity contribution in [3.8, 4) is 0 Å². The number of nitrogens with zero attached hydrogens (tertiary/aromatic N) is 3. The summed E-state index contributed by atoms with van der Waals surface area (Å²) in [6.45, 7) is 3.78. The van der Waals surface area contributed by atoms with E-state index in [-0.39, 0.29) is 16.5 Å². The third-order valence-electron chi connectivity index (χ3n) is 3.26. The average molecular weight is 340 g/mol. The zero-order valence-corrected chi connectivity index (χ0v) is 13.7. The molecule has 2 rings (SSSR count). The van der Waals surface area contributed by atoms with Crippen molar-refractivity contribution in [2.75, 3.05) is 0 Å². The Morgan fingerprint density at radius 3 is 2.91 bits per heavy atom. The maximum absolute atomic E-state index is 12.1. The molecule has 124 valence electrons. The quantitative estimate of drug-likeness (QED) is 0.273. The van der Waals surface area contributed by atoms with Crippen LogP contribution in [0.2, 0.25) is 5.02 Å². The molecule has 2 heterocycles. The molecular formula is C14H18ClN5O3. The first kappa shape index (κ1) is 17.0. The third-order valence-corrected chi connectivity index (χ3v) is 3.55. The van der Waals surface area contributed by atoms with Crippen LogP contribution in [-0.4, -0.2) is 26.3 Å². The van der Waals surface area contributed by atoms with Gasteiger partial charge in [-0.25, -0.2) is 14.6 Å². The number of aromatic amines is 1. The number of hydrogen-bond acceptors (Lipinski definition) is 5. The Balaban J connectivity index is 2.58. The maximum Gasteiger partial charge on any atom is 0.332 e. The molecule has 0 aliphatic carbocycles. The number of H-pyrrole nitrogens is 1. The number of nitrogens with two attached hydrogens (primary N) is 1. The Hall–Kier alpha value is -2.35. The van der Waals surface area contributed by atoms with Gasteiger partial charge in [-0.05, 0) is 6.42 Å². The Morgan fingerprint density at radius 2 is 2.26 bits per heavy atom. The lowest BCUT2D eigenvalue weighted by atomic mass is 10.2. The number of aryl methyl sites for hydroxylation is 1. The fourth-order valence-electron chi connectivity index (χ4n) is 2.24. The van der Waals surface area contributed by atoms with Crippen molar-refractivity contribution in [2.45, 2.75) is 39.7 Å². The molecule has 0 bridgehead atoms. The summed E-state index contributed by atoms with van der Waals surface area (Å²) in [5, 5.41) is 3.77. The number of nitrogens with one attached hydrogen (secondary N) is 1. The highest BCUT2D eigenvalue weighted by molar-refractivity contribution is 6.35. The number of halogens is 1. The SMILES string of the molecule is CCCCCn1c(=O)[nH]c2ncc(Cl)c(/C(N)=N\OC(C)=O)c21. The lowest BCUT2D eigenvalue weighted by Crippen LogP contribution is -2.21. The molecule has 0 aliphatic heterocycles. The summed E-state index contributed by atoms with van der Waals surface area (Å²) in [4.78, 5) is 34.3. The second kappa shape index (κ2) is 7.28. The van der Waals surface area contributed by atoms with Crippen LogP contribution in [0.15, 0.2) is 16.1 Å². The molecule has 8 nitrogen and oxygen atoms in total. The van der Waals surface area contributed by atoms with Crippen LogP contribution >= 0.6 is 11.6 Å². The number of oxime groups is 1. The normalized spacial score (nSPS) is 11.9. The van der Waals surface area contributed by atoms with E-state index in [1.165, 1.54) is 17.7 Å². The molecule has 0 unspecified atom stereocenters. The van der Waals surface area contributed by atoms with Crippen LogP contribution in [-0.2, 0) is 16.2 Å². The second-order valence-corrected chi connectivity index (χ2v) is 5.43. The number of unbranched alkanes of at least 4 members (excludes halogenated alkanes) is 2. The van der Waals surface area contributed by atoms with Crippen LogP contribution in [0.5, 0.6) is 0 Å². The Morgan fingerprint density at radius 1 is 1.52 bits per heavy atom. The Labute approximate surface area is 137 Å². The maximum atomic E-state index is 12.1. The number of carbonyl (C=O) groups is 1. The standard InChI is InChI=1S/C14H18ClN5O3/c1-3-4-5-6-20-11-10(12(16)19-23-8(2)21)9(15)7-17-13(11)18-14(20)22/h7H,3-6H2,1-2H3,(H2,16,19)(H,17,18,22). The third kappa shape index (κ3) is 3.70. The topological polar surface area (TPSA) is 115 Å². The highest BCUT2D eigenvalue weighted by Gasteiger charge is 2.18. The molecule has 3 N–H and O–H groups in total. The first-order valence-corrected chi connectivity index (χ1v) is 7.62. The number of carbonyl (C=O) groups excluding carboxylic acids is 1. The summed E-state index contributed by atoms with van der Waals surface area (Å²) >= 11 is 6.16. The van der Waals surface area contributed by atoms with Crippen LogP contribution in [0, 0.1) is 0 Å². The Bertz CT molecular complexity index is 809. The van der Waals surface area contributed by atoms with E-state index in [1.807, 2.05) is 0 Å². The van der Waals surface area contributed by atoms with Crippen LogP contribution in [0.3, 0.4) is 0 Å². The van der Waals surface area contributed by atoms with Gasteiger partial charge in [0.15, 0.2) is 11.5 Å². The molecule has 0 spiro atoms. The van der Waals surface area contributed by atoms with Gasteiger partial charge in [0.05, 0.1) is 10.6 Å². The van der Waals surface area contributed by atoms with Crippen molar-refractivity contribution in [3.63, 3.8) is 0 Å². The second-order valence-electron chi connectivity index (χ2n) is 5.03. The van der Waals surface area contributed by atoms with Gasteiger partial charge in [0.1, 0.15) is 5.52 Å². The zero-order valence-electron chi connectivity index (χ0n) is 12.9. The van der Waals surface area contributed by atoms with E-state index in [0.29, 0.717) is 23.3 Å². The monoisotopic (exact) mass is 339 g/mol. The Kier molecular flexibility index (Phi) is 5.38. The van der Waals surface area contributed by atoms with E-state index in [1.54, 1.807) is 0 Å². The number of pyridine rings is 1. The number of fused-ring (bicyclic) bond motifs is 1. The summed E-state index contributed by atoms with van der Waals surface area (Å²) in [6, 6.07) is 0. The van der Waals surface area contributed by atoms with Crippen molar-refractivity contribution >= 4 is 34.6 Å². The molecular weight excluding hydrogens is 322 g/mol. The minimum Gasteiger partial charge on any atom is -0.380 e. The molecule has 0 amide bonds. The molecule has 9 heteroatoms. The number of rotatable bonds is 6. The van der Waals surface area contributed by atoms with E-state index in [9.17, 15) is 9.59 Å². The summed E-state index contributed by atoms with van der Waals surface area (Å²) in [5.41, 5.74) is 6.69. The molecule has 0 atom stereocenters. The van der Waals surface area contributed by atoms with E-state index in [4.69, 9.17) is 17.3 Å². The van der Waals surface area contributed by atoms with Crippen molar-refractivity contribution in [3.05, 3.63) is 27.3 Å². The van der Waals surface area contributed by atoms with Gasteiger partial charge >= 0.3 is 11.7 Å². The van der Waals surface area contributed by atoms with Crippen LogP contribution in [0.1, 0.15) is 38.7 Å². The van der Waals surface area contributed by atoms with Crippen molar-refractivity contribution < 1.29 is 9.63 Å². The predicted octanol–water partition coefficient (Wildman–Crippen LogP) is 1.75. The fraction of sp³-hybridized carbons (Fsp3) is 0.429. The molecule has 0 aliphatic rings. The van der Waals surface area contributed by atoms with Crippen molar-refractivity contribution in [1.29, 1.82) is 0 Å². The number of aromatic nitrogens is 3. The van der Waals surface area contributed by atoms with Crippen LogP contribution < -0.4 is 11.4 Å². The zero-order chi connectivity index (χ0) is 17.0. The smallest absolute Gasteiger partial charge is 0.332 e. The largest absolute Gasteiger partial charge is 0.380 e. The van der Waals surface area contributed by atoms with E-state index in [2.05, 4.69) is 26.9 Å². The predicted molar refractivity (Wildman–Crippen MR) is 87.4 cm³/mol. The van der Waals surface area contributed by atoms with E-state index in [0.717, 1.165) is 19.3 Å². The summed E-state index contributed by atoms with van der Waals surface area (Å²) < 4.78 is 1.52. The van der Waals surface area contributed by atoms with E-state index < -0.39 is 5.97 Å². The first-order chi connectivity index (χ1) is 11.0. The number of hydrogen-bond donors (Lipinski definition) is 2. The number of imidazole rings is 1. The molecule has 0 saturated carbocycles. The minimum atomic E-state index is -0.608. The first-order valence-electron chi connectivity index (χ1n) is 7.24. The summed E-state index contributed by atoms with van der Waals surface area (Å²) in [5.74, 6) is -0.704. The van der Waals surface area contributed by atoms with Gasteiger partial charge in [0.2, 0.25) is 0 Å². The highest BCUT2D eigenvalue weighted by Crippen LogP contribution is 2.23. The highest BCUT2D eigenvalue weighted by atomic mass is 35.5. The lowest BCUT2D eigenvalue weighted by Gasteiger charge is -2.08. The summed E-state index contributed by atoms with van der Waals surface area (Å²) in [6.07, 6.45) is 4.20. The van der Waals surface area contributed by atoms with Gasteiger partial charge in [-0.15, -0.1) is 0 Å². The molecule has 0 aromatic carbocycles. The van der Waals surface area contributed by atoms with Gasteiger partial charge in [-0.3, -0.25) is 9.55 Å². The van der Waals surface area contributed by atoms with Gasteiger partial charge in [0.25, 0.3) is 0 Å². The van der Waals surface area contributed by atoms with Gasteiger partial charge in [-0.2, -0.15) is 0 Å². The minimum absolute atomic E-state index is 0.0964. The lowest BCUT2D eigenvalue weighted by molar-refractivity contribution is -0.140. The van der Waals surface area contributed by atoms with Gasteiger partial charge < -0.3 is 10.6 Å². The van der Waals surface area contributed by atoms with Gasteiger partial charge in [0, 0.05) is 19.7 Å². The molecule has 0 saturated heterocycles. The summed E-state index contributed by atoms with van der Waals surface area (Å²) in [7, 11) is 0. The molecule has 2 aromatic rings. The van der Waals surface area contributed by atoms with Crippen LogP contribution in [0.25, 0.3) is 11.2 Å². The van der Waals surface area contributed by atoms with Gasteiger partial charge in [-0.1, -0.05) is 36.5 Å². The molecule has 0 radical (unpaired) electrons. The molecule has 23 heavy (non-hydrogen) atoms. The van der Waals surface area contributed by atoms with E-state index >= 15 is 0 Å². The van der Waals surface area contributed by atoms with Crippen molar-refractivity contribution in [1.82, 2.24) is 14.5 Å². The fourth-order valence-corrected chi connectivity index (χ4v) is 2.47. The molecule has 0 fully saturated rings. The average Bonchev–Trinajstić information content (AvgIpc) is 2.81. The molecule has 2 aromatic heterocycles. The number of amidine groups is 1. The van der Waals surface area contributed by atoms with Crippen molar-refractivity contribution in [2.24, 2.45) is 10.9 Å².